The molecule has 0 aliphatic carbocycles. The summed E-state index contributed by atoms with van der Waals surface area (Å²) in [5.74, 6) is -0.781. The van der Waals surface area contributed by atoms with Crippen molar-refractivity contribution >= 4 is 59.5 Å². The standard InChI is InChI=1S/C24H24ClN5O8P2/c25-24-27-21-18(22(28-24)30-15-7-3-1-5-13(15)14-6-2-4-8-16(14)30)26-11-29(21)23-20(32)19(31)17(38-23)9-10-39(33,34)12-40(35,36)37/h1-8,11,17,19-20,23,31-32H,9-10,12H2,(H,33,34)(H2,35,36,37). The molecule has 3 aromatic heterocycles. The Hall–Kier alpha value is -2.70. The molecular weight excluding hydrogens is 584 g/mol. The minimum atomic E-state index is -4.72. The minimum absolute atomic E-state index is 0.0886. The van der Waals surface area contributed by atoms with E-state index in [4.69, 9.17) is 26.1 Å². The molecule has 210 valence electrons. The average molecular weight is 608 g/mol. The molecule has 0 bridgehead atoms. The third kappa shape index (κ3) is 4.87. The number of imidazole rings is 1. The van der Waals surface area contributed by atoms with Gasteiger partial charge in [-0.3, -0.25) is 18.3 Å². The minimum Gasteiger partial charge on any atom is -0.388 e. The molecular formula is C24H24ClN5O8P2. The Bertz CT molecular complexity index is 1800. The predicted octanol–water partition coefficient (Wildman–Crippen LogP) is 2.99. The zero-order valence-electron chi connectivity index (χ0n) is 20.6. The van der Waals surface area contributed by atoms with Crippen LogP contribution < -0.4 is 0 Å². The predicted molar refractivity (Wildman–Crippen MR) is 147 cm³/mol. The molecule has 5 N–H and O–H groups in total. The molecule has 0 radical (unpaired) electrons. The van der Waals surface area contributed by atoms with Gasteiger partial charge in [0.15, 0.2) is 23.2 Å². The summed E-state index contributed by atoms with van der Waals surface area (Å²) in [5.41, 5.74) is 2.31. The Kier molecular flexibility index (Phi) is 6.86. The number of aromatic nitrogens is 5. The molecule has 16 heteroatoms. The van der Waals surface area contributed by atoms with Gasteiger partial charge in [0.25, 0.3) is 0 Å². The first-order valence-electron chi connectivity index (χ1n) is 12.2. The summed E-state index contributed by atoms with van der Waals surface area (Å²) in [7, 11) is -8.93. The maximum Gasteiger partial charge on any atom is 0.335 e. The SMILES string of the molecule is O=P(O)(O)CP(=O)(O)CCC1OC(n2cnc3c(-n4c5ccccc5c5ccccc54)nc(Cl)nc32)C(O)C1O. The van der Waals surface area contributed by atoms with Crippen LogP contribution in [0.15, 0.2) is 54.9 Å². The van der Waals surface area contributed by atoms with Gasteiger partial charge in [-0.15, -0.1) is 0 Å². The number of rotatable bonds is 7. The second kappa shape index (κ2) is 9.99. The van der Waals surface area contributed by atoms with Gasteiger partial charge in [-0.2, -0.15) is 9.97 Å². The van der Waals surface area contributed by atoms with Crippen LogP contribution in [0, 0.1) is 0 Å². The van der Waals surface area contributed by atoms with E-state index < -0.39 is 51.6 Å². The topological polar surface area (TPSA) is 193 Å². The number of halogens is 1. The first-order valence-corrected chi connectivity index (χ1v) is 16.4. The van der Waals surface area contributed by atoms with Gasteiger partial charge in [0.2, 0.25) is 12.7 Å². The van der Waals surface area contributed by atoms with Gasteiger partial charge < -0.3 is 29.6 Å². The van der Waals surface area contributed by atoms with Crippen LogP contribution in [-0.2, 0) is 13.9 Å². The lowest BCUT2D eigenvalue weighted by Gasteiger charge is -2.18. The smallest absolute Gasteiger partial charge is 0.335 e. The molecule has 40 heavy (non-hydrogen) atoms. The van der Waals surface area contributed by atoms with Crippen molar-refractivity contribution in [3.8, 4) is 5.82 Å². The molecule has 5 unspecified atom stereocenters. The Balaban J connectivity index is 1.38. The highest BCUT2D eigenvalue weighted by atomic mass is 35.5. The average Bonchev–Trinajstić information content (AvgIpc) is 3.53. The van der Waals surface area contributed by atoms with Gasteiger partial charge in [0, 0.05) is 16.9 Å². The molecule has 1 aliphatic rings. The summed E-state index contributed by atoms with van der Waals surface area (Å²) in [4.78, 5) is 41.4. The summed E-state index contributed by atoms with van der Waals surface area (Å²) in [6.07, 6.45) is -4.56. The molecule has 0 amide bonds. The molecule has 1 aliphatic heterocycles. The third-order valence-corrected chi connectivity index (χ3v) is 11.3. The second-order valence-corrected chi connectivity index (χ2v) is 14.7. The zero-order valence-corrected chi connectivity index (χ0v) is 23.1. The van der Waals surface area contributed by atoms with Crippen molar-refractivity contribution in [2.75, 3.05) is 12.1 Å². The van der Waals surface area contributed by atoms with Crippen LogP contribution in [0.1, 0.15) is 12.6 Å². The van der Waals surface area contributed by atoms with E-state index >= 15 is 0 Å². The van der Waals surface area contributed by atoms with E-state index in [1.807, 2.05) is 53.1 Å². The largest absolute Gasteiger partial charge is 0.388 e. The number of ether oxygens (including phenoxy) is 1. The lowest BCUT2D eigenvalue weighted by atomic mass is 10.1. The molecule has 5 aromatic rings. The molecule has 1 saturated heterocycles. The fourth-order valence-electron chi connectivity index (χ4n) is 5.25. The summed E-state index contributed by atoms with van der Waals surface area (Å²) in [6, 6.07) is 15.6. The third-order valence-electron chi connectivity index (χ3n) is 6.95. The van der Waals surface area contributed by atoms with Crippen LogP contribution in [0.25, 0.3) is 38.8 Å². The molecule has 1 fully saturated rings. The van der Waals surface area contributed by atoms with Gasteiger partial charge in [-0.1, -0.05) is 36.4 Å². The van der Waals surface area contributed by atoms with Crippen LogP contribution in [-0.4, -0.2) is 79.4 Å². The van der Waals surface area contributed by atoms with Gasteiger partial charge >= 0.3 is 7.60 Å². The number of nitrogens with zero attached hydrogens (tertiary/aromatic N) is 5. The number of aliphatic hydroxyl groups excluding tert-OH is 2. The van der Waals surface area contributed by atoms with E-state index in [1.165, 1.54) is 10.9 Å². The van der Waals surface area contributed by atoms with E-state index in [2.05, 4.69) is 15.0 Å². The highest BCUT2D eigenvalue weighted by Gasteiger charge is 2.45. The Morgan fingerprint density at radius 2 is 1.55 bits per heavy atom. The molecule has 0 saturated carbocycles. The Morgan fingerprint density at radius 1 is 0.925 bits per heavy atom. The first-order chi connectivity index (χ1) is 18.9. The molecule has 13 nitrogen and oxygen atoms in total. The van der Waals surface area contributed by atoms with Crippen LogP contribution in [0.3, 0.4) is 0 Å². The number of aliphatic hydroxyl groups is 2. The molecule has 6 rings (SSSR count). The maximum atomic E-state index is 12.2. The highest BCUT2D eigenvalue weighted by Crippen LogP contribution is 2.55. The monoisotopic (exact) mass is 607 g/mol. The van der Waals surface area contributed by atoms with Crippen molar-refractivity contribution in [3.05, 3.63) is 60.1 Å². The second-order valence-electron chi connectivity index (χ2n) is 9.72. The van der Waals surface area contributed by atoms with Gasteiger partial charge in [-0.05, 0) is 30.2 Å². The molecule has 5 atom stereocenters. The molecule has 2 aromatic carbocycles. The van der Waals surface area contributed by atoms with Crippen LogP contribution in [0.5, 0.6) is 0 Å². The molecule has 4 heterocycles. The number of hydrogen-bond acceptors (Lipinski definition) is 8. The first kappa shape index (κ1) is 27.5. The zero-order chi connectivity index (χ0) is 28.4. The van der Waals surface area contributed by atoms with Crippen molar-refractivity contribution in [2.24, 2.45) is 0 Å². The quantitative estimate of drug-likeness (QED) is 0.135. The van der Waals surface area contributed by atoms with Crippen LogP contribution in [0.4, 0.5) is 0 Å². The van der Waals surface area contributed by atoms with Crippen molar-refractivity contribution in [3.63, 3.8) is 0 Å². The summed E-state index contributed by atoms with van der Waals surface area (Å²) in [5, 5.41) is 23.4. The number of hydrogen-bond donors (Lipinski definition) is 5. The summed E-state index contributed by atoms with van der Waals surface area (Å²) >= 11 is 6.37. The van der Waals surface area contributed by atoms with Gasteiger partial charge in [0.1, 0.15) is 18.1 Å². The summed E-state index contributed by atoms with van der Waals surface area (Å²) in [6.45, 7) is 0. The van der Waals surface area contributed by atoms with E-state index in [0.29, 0.717) is 11.3 Å². The number of para-hydroxylation sites is 2. The van der Waals surface area contributed by atoms with Crippen molar-refractivity contribution in [1.29, 1.82) is 0 Å². The van der Waals surface area contributed by atoms with Gasteiger partial charge in [0.05, 0.1) is 23.5 Å². The van der Waals surface area contributed by atoms with Crippen molar-refractivity contribution < 1.29 is 38.8 Å². The lowest BCUT2D eigenvalue weighted by Crippen LogP contribution is -2.32. The molecule has 0 spiro atoms. The maximum absolute atomic E-state index is 12.2. The van der Waals surface area contributed by atoms with Gasteiger partial charge in [-0.25, -0.2) is 4.98 Å². The summed E-state index contributed by atoms with van der Waals surface area (Å²) < 4.78 is 32.6. The lowest BCUT2D eigenvalue weighted by molar-refractivity contribution is -0.0354. The fraction of sp³-hybridized carbons (Fsp3) is 0.292. The Morgan fingerprint density at radius 3 is 2.17 bits per heavy atom. The number of fused-ring (bicyclic) bond motifs is 4. The van der Waals surface area contributed by atoms with E-state index in [9.17, 15) is 24.2 Å². The van der Waals surface area contributed by atoms with Crippen LogP contribution in [0.2, 0.25) is 5.28 Å². The van der Waals surface area contributed by atoms with Crippen molar-refractivity contribution in [2.45, 2.75) is 31.0 Å². The van der Waals surface area contributed by atoms with E-state index in [-0.39, 0.29) is 17.4 Å². The van der Waals surface area contributed by atoms with E-state index in [0.717, 1.165) is 21.8 Å². The van der Waals surface area contributed by atoms with Crippen molar-refractivity contribution in [1.82, 2.24) is 24.1 Å². The van der Waals surface area contributed by atoms with Crippen LogP contribution >= 0.6 is 26.6 Å². The normalized spacial score (nSPS) is 23.4. The highest BCUT2D eigenvalue weighted by molar-refractivity contribution is 7.72. The fourth-order valence-corrected chi connectivity index (χ4v) is 8.94. The Labute approximate surface area is 231 Å². The van der Waals surface area contributed by atoms with E-state index in [1.54, 1.807) is 0 Å². The number of benzene rings is 2.